The third-order valence-electron chi connectivity index (χ3n) is 3.49. The van der Waals surface area contributed by atoms with Crippen LogP contribution in [0.1, 0.15) is 24.3 Å². The molecule has 1 aromatic heterocycles. The van der Waals surface area contributed by atoms with Gasteiger partial charge >= 0.3 is 0 Å². The summed E-state index contributed by atoms with van der Waals surface area (Å²) in [7, 11) is 0. The molecule has 1 heterocycles. The number of thiophene rings is 1. The molecule has 0 bridgehead atoms. The quantitative estimate of drug-likeness (QED) is 0.394. The highest BCUT2D eigenvalue weighted by molar-refractivity contribution is 8.01. The number of aliphatic imine (C=N–C) groups is 1. The van der Waals surface area contributed by atoms with Crippen LogP contribution in [0.5, 0.6) is 0 Å². The smallest absolute Gasteiger partial charge is 0.0689 e. The zero-order chi connectivity index (χ0) is 15.4. The zero-order valence-electron chi connectivity index (χ0n) is 12.9. The summed E-state index contributed by atoms with van der Waals surface area (Å²) in [6.45, 7) is 4.40. The highest BCUT2D eigenvalue weighted by Gasteiger charge is 2.06. The van der Waals surface area contributed by atoms with Gasteiger partial charge in [0.15, 0.2) is 0 Å². The molecule has 3 aromatic rings. The second-order valence-electron chi connectivity index (χ2n) is 5.03. The van der Waals surface area contributed by atoms with Gasteiger partial charge < -0.3 is 0 Å². The summed E-state index contributed by atoms with van der Waals surface area (Å²) in [6.07, 6.45) is 3.10. The van der Waals surface area contributed by atoms with Crippen LogP contribution in [0.15, 0.2) is 57.7 Å². The van der Waals surface area contributed by atoms with E-state index in [1.807, 2.05) is 29.3 Å². The van der Waals surface area contributed by atoms with Gasteiger partial charge in [-0.25, -0.2) is 0 Å². The van der Waals surface area contributed by atoms with E-state index in [0.29, 0.717) is 0 Å². The summed E-state index contributed by atoms with van der Waals surface area (Å²) < 4.78 is 1.38. The van der Waals surface area contributed by atoms with Crippen molar-refractivity contribution in [3.63, 3.8) is 0 Å². The molecule has 0 aliphatic heterocycles. The van der Waals surface area contributed by atoms with Crippen LogP contribution >= 0.6 is 23.1 Å². The van der Waals surface area contributed by atoms with Crippen molar-refractivity contribution in [1.82, 2.24) is 0 Å². The lowest BCUT2D eigenvalue weighted by Gasteiger charge is -1.99. The van der Waals surface area contributed by atoms with Crippen LogP contribution in [-0.4, -0.2) is 12.0 Å². The van der Waals surface area contributed by atoms with Crippen LogP contribution in [0.25, 0.3) is 10.8 Å². The first-order valence-electron chi connectivity index (χ1n) is 7.58. The molecule has 2 aromatic carbocycles. The van der Waals surface area contributed by atoms with Crippen LogP contribution < -0.4 is 0 Å². The maximum Gasteiger partial charge on any atom is 0.0689 e. The van der Waals surface area contributed by atoms with Gasteiger partial charge in [0.25, 0.3) is 0 Å². The second kappa shape index (κ2) is 7.12. The number of benzene rings is 2. The molecule has 3 rings (SSSR count). The van der Waals surface area contributed by atoms with Crippen LogP contribution in [0.2, 0.25) is 0 Å². The van der Waals surface area contributed by atoms with Crippen molar-refractivity contribution >= 4 is 45.8 Å². The highest BCUT2D eigenvalue weighted by Crippen LogP contribution is 2.32. The number of hydrogen-bond donors (Lipinski definition) is 0. The van der Waals surface area contributed by atoms with Gasteiger partial charge in [0.2, 0.25) is 0 Å². The molecule has 0 aliphatic rings. The molecule has 22 heavy (non-hydrogen) atoms. The molecule has 3 heteroatoms. The Bertz CT molecular complexity index is 802. The minimum absolute atomic E-state index is 1.01. The van der Waals surface area contributed by atoms with Gasteiger partial charge in [-0.15, -0.1) is 23.1 Å². The number of hydrogen-bond acceptors (Lipinski definition) is 3. The monoisotopic (exact) mass is 325 g/mol. The van der Waals surface area contributed by atoms with Crippen molar-refractivity contribution in [2.75, 3.05) is 5.75 Å². The summed E-state index contributed by atoms with van der Waals surface area (Å²) in [4.78, 5) is 6.11. The summed E-state index contributed by atoms with van der Waals surface area (Å²) in [5.41, 5.74) is 2.26. The van der Waals surface area contributed by atoms with Crippen LogP contribution in [0, 0.1) is 0 Å². The van der Waals surface area contributed by atoms with Gasteiger partial charge in [-0.1, -0.05) is 44.2 Å². The average Bonchev–Trinajstić information content (AvgIpc) is 2.95. The number of nitrogens with zero attached hydrogens (tertiary/aromatic N) is 1. The summed E-state index contributed by atoms with van der Waals surface area (Å²) in [6, 6.07) is 17.0. The Morgan fingerprint density at radius 3 is 2.64 bits per heavy atom. The Hall–Kier alpha value is -1.58. The van der Waals surface area contributed by atoms with E-state index in [2.05, 4.69) is 67.4 Å². The standard InChI is InChI=1S/C19H19NS2/c1-3-18-12-16(19(22-18)21-4-2)13-20-17-10-9-14-7-5-6-8-15(14)11-17/h5-13H,3-4H2,1-2H3. The number of fused-ring (bicyclic) bond motifs is 1. The predicted molar refractivity (Wildman–Crippen MR) is 101 cm³/mol. The third kappa shape index (κ3) is 3.42. The van der Waals surface area contributed by atoms with E-state index in [-0.39, 0.29) is 0 Å². The van der Waals surface area contributed by atoms with Gasteiger partial charge in [0, 0.05) is 16.7 Å². The van der Waals surface area contributed by atoms with E-state index in [1.165, 1.54) is 25.4 Å². The van der Waals surface area contributed by atoms with Gasteiger partial charge in [0.1, 0.15) is 0 Å². The molecule has 112 valence electrons. The first kappa shape index (κ1) is 15.3. The lowest BCUT2D eigenvalue weighted by Crippen LogP contribution is -1.80. The fourth-order valence-electron chi connectivity index (χ4n) is 2.35. The fraction of sp³-hybridized carbons (Fsp3) is 0.211. The second-order valence-corrected chi connectivity index (χ2v) is 7.70. The maximum absolute atomic E-state index is 4.69. The largest absolute Gasteiger partial charge is 0.256 e. The first-order chi connectivity index (χ1) is 10.8. The fourth-order valence-corrected chi connectivity index (χ4v) is 4.60. The Morgan fingerprint density at radius 2 is 1.86 bits per heavy atom. The van der Waals surface area contributed by atoms with E-state index in [9.17, 15) is 0 Å². The predicted octanol–water partition coefficient (Wildman–Crippen LogP) is 6.33. The van der Waals surface area contributed by atoms with Crippen molar-refractivity contribution in [2.45, 2.75) is 24.5 Å². The van der Waals surface area contributed by atoms with E-state index in [1.54, 1.807) is 0 Å². The van der Waals surface area contributed by atoms with Crippen LogP contribution in [0.4, 0.5) is 5.69 Å². The zero-order valence-corrected chi connectivity index (χ0v) is 14.5. The normalized spacial score (nSPS) is 11.5. The minimum atomic E-state index is 1.01. The Kier molecular flexibility index (Phi) is 4.96. The first-order valence-corrected chi connectivity index (χ1v) is 9.38. The van der Waals surface area contributed by atoms with Gasteiger partial charge in [0.05, 0.1) is 9.90 Å². The molecule has 0 atom stereocenters. The Labute approximate surface area is 140 Å². The highest BCUT2D eigenvalue weighted by atomic mass is 32.2. The molecule has 0 amide bonds. The molecule has 1 nitrogen and oxygen atoms in total. The van der Waals surface area contributed by atoms with E-state index < -0.39 is 0 Å². The molecule has 0 saturated carbocycles. The van der Waals surface area contributed by atoms with Crippen molar-refractivity contribution in [2.24, 2.45) is 4.99 Å². The summed E-state index contributed by atoms with van der Waals surface area (Å²) >= 11 is 3.80. The average molecular weight is 326 g/mol. The van der Waals surface area contributed by atoms with E-state index in [4.69, 9.17) is 0 Å². The van der Waals surface area contributed by atoms with Crippen molar-refractivity contribution in [1.29, 1.82) is 0 Å². The Morgan fingerprint density at radius 1 is 1.05 bits per heavy atom. The molecule has 0 radical (unpaired) electrons. The molecular weight excluding hydrogens is 306 g/mol. The summed E-state index contributed by atoms with van der Waals surface area (Å²) in [5, 5.41) is 2.49. The van der Waals surface area contributed by atoms with Gasteiger partial charge in [-0.05, 0) is 41.1 Å². The molecule has 0 spiro atoms. The van der Waals surface area contributed by atoms with Gasteiger partial charge in [-0.2, -0.15) is 0 Å². The third-order valence-corrected chi connectivity index (χ3v) is 5.97. The molecule has 0 unspecified atom stereocenters. The minimum Gasteiger partial charge on any atom is -0.256 e. The number of rotatable bonds is 5. The summed E-state index contributed by atoms with van der Waals surface area (Å²) in [5.74, 6) is 1.10. The maximum atomic E-state index is 4.69. The number of thioether (sulfide) groups is 1. The SMILES string of the molecule is CCSc1sc(CC)cc1C=Nc1ccc2ccccc2c1. The molecule has 0 fully saturated rings. The molecule has 0 aliphatic carbocycles. The number of aryl methyl sites for hydroxylation is 1. The van der Waals surface area contributed by atoms with Crippen LogP contribution in [-0.2, 0) is 6.42 Å². The van der Waals surface area contributed by atoms with Crippen molar-refractivity contribution in [3.05, 3.63) is 59.0 Å². The van der Waals surface area contributed by atoms with Crippen molar-refractivity contribution in [3.8, 4) is 0 Å². The van der Waals surface area contributed by atoms with Gasteiger partial charge in [-0.3, -0.25) is 4.99 Å². The molecular formula is C19H19NS2. The van der Waals surface area contributed by atoms with Crippen molar-refractivity contribution < 1.29 is 0 Å². The van der Waals surface area contributed by atoms with E-state index in [0.717, 1.165) is 17.9 Å². The van der Waals surface area contributed by atoms with E-state index >= 15 is 0 Å². The molecule has 0 saturated heterocycles. The Balaban J connectivity index is 1.90. The van der Waals surface area contributed by atoms with Crippen LogP contribution in [0.3, 0.4) is 0 Å². The lowest BCUT2D eigenvalue weighted by molar-refractivity contribution is 1.19. The molecule has 0 N–H and O–H groups in total. The topological polar surface area (TPSA) is 12.4 Å². The lowest BCUT2D eigenvalue weighted by atomic mass is 10.1.